The van der Waals surface area contributed by atoms with Crippen LogP contribution in [0.3, 0.4) is 0 Å². The van der Waals surface area contributed by atoms with Gasteiger partial charge in [0.15, 0.2) is 0 Å². The summed E-state index contributed by atoms with van der Waals surface area (Å²) in [6.45, 7) is 2.22. The van der Waals surface area contributed by atoms with Crippen molar-refractivity contribution in [3.8, 4) is 23.0 Å². The molecule has 0 fully saturated rings. The number of rotatable bonds is 11. The minimum atomic E-state index is -0.483. The van der Waals surface area contributed by atoms with Gasteiger partial charge in [-0.15, -0.1) is 9.24 Å². The minimum absolute atomic E-state index is 0.483. The Morgan fingerprint density at radius 1 is 0.679 bits per heavy atom. The Kier molecular flexibility index (Phi) is 8.44. The topological polar surface area (TPSA) is 36.9 Å². The van der Waals surface area contributed by atoms with Crippen LogP contribution in [0.5, 0.6) is 23.0 Å². The molecule has 5 heteroatoms. The van der Waals surface area contributed by atoms with E-state index in [9.17, 15) is 0 Å². The van der Waals surface area contributed by atoms with Crippen LogP contribution in [0.2, 0.25) is 0 Å². The zero-order valence-corrected chi connectivity index (χ0v) is 18.9. The maximum Gasteiger partial charge on any atom is 0.127 e. The molecule has 0 aromatic heterocycles. The summed E-state index contributed by atoms with van der Waals surface area (Å²) in [5, 5.41) is -0.483. The molecule has 2 aromatic carbocycles. The van der Waals surface area contributed by atoms with Crippen molar-refractivity contribution in [3.05, 3.63) is 47.5 Å². The first-order valence-corrected chi connectivity index (χ1v) is 10.4. The van der Waals surface area contributed by atoms with Crippen LogP contribution < -0.4 is 18.9 Å². The molecule has 2 rings (SSSR count). The molecule has 0 saturated heterocycles. The van der Waals surface area contributed by atoms with Crippen LogP contribution in [0.4, 0.5) is 0 Å². The normalized spacial score (nSPS) is 11.2. The van der Waals surface area contributed by atoms with Crippen LogP contribution in [-0.4, -0.2) is 28.4 Å². The summed E-state index contributed by atoms with van der Waals surface area (Å²) in [5.41, 5.74) is 1.98. The van der Waals surface area contributed by atoms with E-state index in [2.05, 4.69) is 16.2 Å². The van der Waals surface area contributed by atoms with E-state index in [1.165, 1.54) is 19.3 Å². The summed E-state index contributed by atoms with van der Waals surface area (Å²) in [6, 6.07) is 11.8. The molecule has 28 heavy (non-hydrogen) atoms. The van der Waals surface area contributed by atoms with Gasteiger partial charge in [0, 0.05) is 5.16 Å². The largest absolute Gasteiger partial charge is 0.496 e. The van der Waals surface area contributed by atoms with Gasteiger partial charge >= 0.3 is 0 Å². The molecule has 0 aliphatic rings. The van der Waals surface area contributed by atoms with E-state index in [1.807, 2.05) is 36.4 Å². The molecule has 0 radical (unpaired) electrons. The third-order valence-corrected chi connectivity index (χ3v) is 6.04. The summed E-state index contributed by atoms with van der Waals surface area (Å²) in [7, 11) is 9.84. The fourth-order valence-corrected chi connectivity index (χ4v) is 4.56. The summed E-state index contributed by atoms with van der Waals surface area (Å²) >= 11 is 0. The molecule has 4 nitrogen and oxygen atoms in total. The Bertz CT molecular complexity index is 660. The predicted octanol–water partition coefficient (Wildman–Crippen LogP) is 5.81. The molecule has 154 valence electrons. The van der Waals surface area contributed by atoms with E-state index in [4.69, 9.17) is 18.9 Å². The number of unbranched alkanes of at least 4 members (excludes halogenated alkanes) is 3. The molecule has 1 atom stereocenters. The zero-order valence-electron chi connectivity index (χ0n) is 17.7. The summed E-state index contributed by atoms with van der Waals surface area (Å²) < 4.78 is 23.0. The highest BCUT2D eigenvalue weighted by Crippen LogP contribution is 2.55. The van der Waals surface area contributed by atoms with Crippen molar-refractivity contribution in [2.24, 2.45) is 0 Å². The molecule has 2 aromatic rings. The fourth-order valence-electron chi connectivity index (χ4n) is 3.79. The number of benzene rings is 2. The van der Waals surface area contributed by atoms with Gasteiger partial charge in [0.2, 0.25) is 0 Å². The van der Waals surface area contributed by atoms with E-state index in [-0.39, 0.29) is 0 Å². The van der Waals surface area contributed by atoms with Crippen LogP contribution >= 0.6 is 9.24 Å². The van der Waals surface area contributed by atoms with E-state index in [1.54, 1.807) is 28.4 Å². The summed E-state index contributed by atoms with van der Waals surface area (Å²) in [6.07, 6.45) is 5.54. The van der Waals surface area contributed by atoms with Crippen molar-refractivity contribution >= 4 is 9.24 Å². The third kappa shape index (κ3) is 4.55. The van der Waals surface area contributed by atoms with Gasteiger partial charge in [-0.1, -0.05) is 44.7 Å². The lowest BCUT2D eigenvalue weighted by molar-refractivity contribution is 0.358. The highest BCUT2D eigenvalue weighted by atomic mass is 31.0. The van der Waals surface area contributed by atoms with Gasteiger partial charge in [0.25, 0.3) is 0 Å². The van der Waals surface area contributed by atoms with Crippen molar-refractivity contribution in [1.82, 2.24) is 0 Å². The maximum absolute atomic E-state index is 5.76. The highest BCUT2D eigenvalue weighted by molar-refractivity contribution is 7.19. The Hall–Kier alpha value is -1.93. The second-order valence-corrected chi connectivity index (χ2v) is 7.84. The molecule has 0 saturated carbocycles. The standard InChI is InChI=1S/C23H33O4P/c1-6-7-8-9-16-23(28,21-17(24-2)12-10-13-18(21)25-3)22-19(26-4)14-11-15-20(22)27-5/h10-15H,6-9,16,28H2,1-5H3. The van der Waals surface area contributed by atoms with Gasteiger partial charge in [0.1, 0.15) is 23.0 Å². The quantitative estimate of drug-likeness (QED) is 0.350. The number of hydrogen-bond acceptors (Lipinski definition) is 4. The molecule has 1 unspecified atom stereocenters. The van der Waals surface area contributed by atoms with Gasteiger partial charge in [0.05, 0.1) is 39.6 Å². The molecule has 0 aliphatic heterocycles. The van der Waals surface area contributed by atoms with E-state index in [0.29, 0.717) is 0 Å². The molecule has 0 spiro atoms. The molecule has 0 amide bonds. The summed E-state index contributed by atoms with van der Waals surface area (Å²) in [4.78, 5) is 0. The van der Waals surface area contributed by atoms with E-state index in [0.717, 1.165) is 47.0 Å². The van der Waals surface area contributed by atoms with Crippen LogP contribution in [-0.2, 0) is 5.16 Å². The smallest absolute Gasteiger partial charge is 0.127 e. The van der Waals surface area contributed by atoms with Crippen molar-refractivity contribution in [2.45, 2.75) is 44.2 Å². The van der Waals surface area contributed by atoms with E-state index >= 15 is 0 Å². The number of hydrogen-bond donors (Lipinski definition) is 0. The molecule has 0 N–H and O–H groups in total. The predicted molar refractivity (Wildman–Crippen MR) is 118 cm³/mol. The third-order valence-electron chi connectivity index (χ3n) is 5.17. The lowest BCUT2D eigenvalue weighted by atomic mass is 9.83. The first-order valence-electron chi connectivity index (χ1n) is 9.79. The second kappa shape index (κ2) is 10.6. The molecular weight excluding hydrogens is 371 g/mol. The monoisotopic (exact) mass is 404 g/mol. The first-order chi connectivity index (χ1) is 13.6. The van der Waals surface area contributed by atoms with E-state index < -0.39 is 5.16 Å². The Morgan fingerprint density at radius 3 is 1.39 bits per heavy atom. The lowest BCUT2D eigenvalue weighted by Crippen LogP contribution is -2.24. The van der Waals surface area contributed by atoms with Crippen molar-refractivity contribution < 1.29 is 18.9 Å². The van der Waals surface area contributed by atoms with Crippen LogP contribution in [0.1, 0.15) is 50.2 Å². The van der Waals surface area contributed by atoms with Crippen molar-refractivity contribution in [1.29, 1.82) is 0 Å². The Balaban J connectivity index is 2.74. The van der Waals surface area contributed by atoms with Crippen LogP contribution in [0.15, 0.2) is 36.4 Å². The highest BCUT2D eigenvalue weighted by Gasteiger charge is 2.39. The SMILES string of the molecule is CCCCCCC(P)(c1c(OC)cccc1OC)c1c(OC)cccc1OC. The van der Waals surface area contributed by atoms with Crippen LogP contribution in [0, 0.1) is 0 Å². The first kappa shape index (κ1) is 22.4. The zero-order chi connectivity index (χ0) is 20.6. The molecular formula is C23H33O4P. The van der Waals surface area contributed by atoms with Gasteiger partial charge in [-0.25, -0.2) is 0 Å². The maximum atomic E-state index is 5.76. The lowest BCUT2D eigenvalue weighted by Gasteiger charge is -2.35. The Labute approximate surface area is 171 Å². The van der Waals surface area contributed by atoms with Crippen LogP contribution in [0.25, 0.3) is 0 Å². The van der Waals surface area contributed by atoms with Gasteiger partial charge in [-0.3, -0.25) is 0 Å². The molecule has 0 bridgehead atoms. The Morgan fingerprint density at radius 2 is 1.07 bits per heavy atom. The second-order valence-electron chi connectivity index (χ2n) is 6.86. The average molecular weight is 404 g/mol. The number of ether oxygens (including phenoxy) is 4. The van der Waals surface area contributed by atoms with Gasteiger partial charge in [-0.05, 0) is 30.7 Å². The van der Waals surface area contributed by atoms with Gasteiger partial charge < -0.3 is 18.9 Å². The van der Waals surface area contributed by atoms with Crippen molar-refractivity contribution in [3.63, 3.8) is 0 Å². The average Bonchev–Trinajstić information content (AvgIpc) is 2.75. The molecule has 0 heterocycles. The number of methoxy groups -OCH3 is 4. The summed E-state index contributed by atoms with van der Waals surface area (Å²) in [5.74, 6) is 3.16. The van der Waals surface area contributed by atoms with Crippen molar-refractivity contribution in [2.75, 3.05) is 28.4 Å². The van der Waals surface area contributed by atoms with Gasteiger partial charge in [-0.2, -0.15) is 0 Å². The fraction of sp³-hybridized carbons (Fsp3) is 0.478. The minimum Gasteiger partial charge on any atom is -0.496 e. The molecule has 0 aliphatic carbocycles.